The molecule has 1 aromatic heterocycles. The van der Waals surface area contributed by atoms with Crippen molar-refractivity contribution in [3.8, 4) is 0 Å². The quantitative estimate of drug-likeness (QED) is 0.716. The normalized spacial score (nSPS) is 12.3. The van der Waals surface area contributed by atoms with Crippen molar-refractivity contribution in [2.75, 3.05) is 13.1 Å². The van der Waals surface area contributed by atoms with Crippen molar-refractivity contribution in [2.24, 2.45) is 11.7 Å². The van der Waals surface area contributed by atoms with Gasteiger partial charge in [0.15, 0.2) is 0 Å². The lowest BCUT2D eigenvalue weighted by atomic mass is 10.1. The molecule has 18 heavy (non-hydrogen) atoms. The van der Waals surface area contributed by atoms with Crippen molar-refractivity contribution >= 4 is 11.9 Å². The van der Waals surface area contributed by atoms with Crippen LogP contribution in [0.5, 0.6) is 0 Å². The number of pyridine rings is 1. The third-order valence-electron chi connectivity index (χ3n) is 2.46. The first-order valence-electron chi connectivity index (χ1n) is 5.61. The minimum absolute atomic E-state index is 0.0342. The molecule has 0 aliphatic carbocycles. The van der Waals surface area contributed by atoms with Gasteiger partial charge < -0.3 is 10.8 Å². The molecule has 0 aliphatic heterocycles. The number of aliphatic carboxylic acids is 1. The predicted octanol–water partition coefficient (Wildman–Crippen LogP) is 0.0896. The van der Waals surface area contributed by atoms with E-state index in [0.717, 1.165) is 5.56 Å². The van der Waals surface area contributed by atoms with Gasteiger partial charge in [0.2, 0.25) is 5.91 Å². The maximum Gasteiger partial charge on any atom is 0.307 e. The molecular weight excluding hydrogens is 234 g/mol. The van der Waals surface area contributed by atoms with Gasteiger partial charge in [-0.1, -0.05) is 13.0 Å². The van der Waals surface area contributed by atoms with Gasteiger partial charge in [0.1, 0.15) is 0 Å². The lowest BCUT2D eigenvalue weighted by Gasteiger charge is -2.22. The van der Waals surface area contributed by atoms with Crippen molar-refractivity contribution in [1.29, 1.82) is 0 Å². The van der Waals surface area contributed by atoms with E-state index < -0.39 is 17.8 Å². The summed E-state index contributed by atoms with van der Waals surface area (Å²) in [6.45, 7) is 2.35. The van der Waals surface area contributed by atoms with Crippen molar-refractivity contribution in [1.82, 2.24) is 9.88 Å². The van der Waals surface area contributed by atoms with E-state index in [1.165, 1.54) is 0 Å². The monoisotopic (exact) mass is 251 g/mol. The van der Waals surface area contributed by atoms with Crippen LogP contribution in [-0.2, 0) is 16.1 Å². The molecule has 0 aliphatic rings. The van der Waals surface area contributed by atoms with Crippen LogP contribution in [0.15, 0.2) is 24.5 Å². The molecule has 98 valence electrons. The molecule has 1 atom stereocenters. The number of nitrogens with two attached hydrogens (primary N) is 1. The second kappa shape index (κ2) is 6.70. The second-order valence-electron chi connectivity index (χ2n) is 4.24. The Hall–Kier alpha value is -1.95. The number of primary amides is 1. The highest BCUT2D eigenvalue weighted by atomic mass is 16.4. The van der Waals surface area contributed by atoms with Crippen molar-refractivity contribution in [3.05, 3.63) is 30.1 Å². The molecule has 6 nitrogen and oxygen atoms in total. The Kier molecular flexibility index (Phi) is 5.26. The van der Waals surface area contributed by atoms with Crippen molar-refractivity contribution in [3.63, 3.8) is 0 Å². The lowest BCUT2D eigenvalue weighted by molar-refractivity contribution is -0.142. The Morgan fingerprint density at radius 1 is 1.56 bits per heavy atom. The summed E-state index contributed by atoms with van der Waals surface area (Å²) in [6, 6.07) is 3.66. The Morgan fingerprint density at radius 2 is 2.28 bits per heavy atom. The van der Waals surface area contributed by atoms with Gasteiger partial charge >= 0.3 is 5.97 Å². The van der Waals surface area contributed by atoms with Crippen LogP contribution in [0.25, 0.3) is 0 Å². The van der Waals surface area contributed by atoms with Gasteiger partial charge in [-0.05, 0) is 11.6 Å². The fourth-order valence-corrected chi connectivity index (χ4v) is 1.62. The van der Waals surface area contributed by atoms with E-state index in [-0.39, 0.29) is 13.1 Å². The summed E-state index contributed by atoms with van der Waals surface area (Å²) in [5.41, 5.74) is 6.07. The minimum atomic E-state index is -0.893. The highest BCUT2D eigenvalue weighted by Gasteiger charge is 2.17. The van der Waals surface area contributed by atoms with Gasteiger partial charge in [0.25, 0.3) is 0 Å². The van der Waals surface area contributed by atoms with E-state index in [0.29, 0.717) is 6.54 Å². The topological polar surface area (TPSA) is 96.5 Å². The molecule has 0 fully saturated rings. The van der Waals surface area contributed by atoms with Crippen LogP contribution in [-0.4, -0.2) is 40.0 Å². The third-order valence-corrected chi connectivity index (χ3v) is 2.46. The van der Waals surface area contributed by atoms with E-state index in [1.807, 2.05) is 6.07 Å². The van der Waals surface area contributed by atoms with E-state index in [2.05, 4.69) is 4.98 Å². The largest absolute Gasteiger partial charge is 0.481 e. The smallest absolute Gasteiger partial charge is 0.307 e. The molecule has 1 heterocycles. The summed E-state index contributed by atoms with van der Waals surface area (Å²) in [4.78, 5) is 27.5. The van der Waals surface area contributed by atoms with E-state index >= 15 is 0 Å². The lowest BCUT2D eigenvalue weighted by Crippen LogP contribution is -2.37. The molecule has 1 unspecified atom stereocenters. The van der Waals surface area contributed by atoms with Crippen LogP contribution >= 0.6 is 0 Å². The molecule has 0 aromatic carbocycles. The maximum absolute atomic E-state index is 11.0. The zero-order chi connectivity index (χ0) is 13.5. The number of aromatic nitrogens is 1. The molecule has 1 amide bonds. The number of nitrogens with zero attached hydrogens (tertiary/aromatic N) is 2. The zero-order valence-electron chi connectivity index (χ0n) is 10.2. The molecule has 0 bridgehead atoms. The molecule has 0 saturated carbocycles. The summed E-state index contributed by atoms with van der Waals surface area (Å²) >= 11 is 0. The number of hydrogen-bond donors (Lipinski definition) is 2. The number of carboxylic acids is 1. The average molecular weight is 251 g/mol. The molecule has 1 aromatic rings. The number of carboxylic acid groups (broad SMARTS) is 1. The number of rotatable bonds is 7. The first-order chi connectivity index (χ1) is 8.49. The Balaban J connectivity index is 2.66. The summed E-state index contributed by atoms with van der Waals surface area (Å²) in [5.74, 6) is -1.92. The number of amides is 1. The summed E-state index contributed by atoms with van der Waals surface area (Å²) in [7, 11) is 0. The minimum Gasteiger partial charge on any atom is -0.481 e. The Bertz CT molecular complexity index is 408. The third kappa shape index (κ3) is 4.92. The van der Waals surface area contributed by atoms with Gasteiger partial charge in [0, 0.05) is 25.5 Å². The van der Waals surface area contributed by atoms with Gasteiger partial charge in [-0.15, -0.1) is 0 Å². The molecular formula is C12H17N3O3. The fourth-order valence-electron chi connectivity index (χ4n) is 1.62. The van der Waals surface area contributed by atoms with E-state index in [1.54, 1.807) is 30.3 Å². The van der Waals surface area contributed by atoms with Crippen LogP contribution in [0, 0.1) is 5.92 Å². The summed E-state index contributed by atoms with van der Waals surface area (Å²) in [6.07, 6.45) is 3.33. The fraction of sp³-hybridized carbons (Fsp3) is 0.417. The molecule has 0 spiro atoms. The molecule has 1 rings (SSSR count). The van der Waals surface area contributed by atoms with Crippen LogP contribution in [0.2, 0.25) is 0 Å². The number of carbonyl (C=O) groups excluding carboxylic acids is 1. The molecule has 0 saturated heterocycles. The first kappa shape index (κ1) is 14.1. The van der Waals surface area contributed by atoms with Gasteiger partial charge in [0.05, 0.1) is 12.5 Å². The summed E-state index contributed by atoms with van der Waals surface area (Å²) < 4.78 is 0. The summed E-state index contributed by atoms with van der Waals surface area (Å²) in [5, 5.41) is 8.88. The molecule has 0 radical (unpaired) electrons. The molecule has 6 heteroatoms. The Morgan fingerprint density at radius 3 is 2.78 bits per heavy atom. The predicted molar refractivity (Wildman–Crippen MR) is 65.5 cm³/mol. The van der Waals surface area contributed by atoms with Gasteiger partial charge in [-0.25, -0.2) is 0 Å². The SMILES string of the molecule is CC(CN(CC(N)=O)Cc1cccnc1)C(=O)O. The van der Waals surface area contributed by atoms with Gasteiger partial charge in [-0.2, -0.15) is 0 Å². The second-order valence-corrected chi connectivity index (χ2v) is 4.24. The maximum atomic E-state index is 11.0. The highest BCUT2D eigenvalue weighted by molar-refractivity contribution is 5.76. The average Bonchev–Trinajstić information content (AvgIpc) is 2.29. The van der Waals surface area contributed by atoms with E-state index in [4.69, 9.17) is 10.8 Å². The highest BCUT2D eigenvalue weighted by Crippen LogP contribution is 2.06. The van der Waals surface area contributed by atoms with E-state index in [9.17, 15) is 9.59 Å². The van der Waals surface area contributed by atoms with Crippen LogP contribution in [0.1, 0.15) is 12.5 Å². The van der Waals surface area contributed by atoms with Crippen LogP contribution in [0.3, 0.4) is 0 Å². The van der Waals surface area contributed by atoms with Crippen molar-refractivity contribution < 1.29 is 14.7 Å². The first-order valence-corrected chi connectivity index (χ1v) is 5.61. The van der Waals surface area contributed by atoms with Crippen molar-refractivity contribution in [2.45, 2.75) is 13.5 Å². The number of carbonyl (C=O) groups is 2. The van der Waals surface area contributed by atoms with Gasteiger partial charge in [-0.3, -0.25) is 19.5 Å². The Labute approximate surface area is 105 Å². The molecule has 3 N–H and O–H groups in total. The number of hydrogen-bond acceptors (Lipinski definition) is 4. The zero-order valence-corrected chi connectivity index (χ0v) is 10.2. The van der Waals surface area contributed by atoms with Crippen LogP contribution in [0.4, 0.5) is 0 Å². The standard InChI is InChI=1S/C12H17N3O3/c1-9(12(17)18)6-15(8-11(13)16)7-10-3-2-4-14-5-10/h2-5,9H,6-8H2,1H3,(H2,13,16)(H,17,18). The van der Waals surface area contributed by atoms with Crippen LogP contribution < -0.4 is 5.73 Å².